The zero-order valence-electron chi connectivity index (χ0n) is 8.92. The first kappa shape index (κ1) is 10.9. The van der Waals surface area contributed by atoms with Gasteiger partial charge in [-0.25, -0.2) is 4.98 Å². The number of nitrogens with one attached hydrogen (secondary N) is 2. The van der Waals surface area contributed by atoms with E-state index in [4.69, 9.17) is 0 Å². The van der Waals surface area contributed by atoms with Crippen LogP contribution in [0.5, 0.6) is 0 Å². The molecule has 0 fully saturated rings. The Bertz CT molecular complexity index is 343. The van der Waals surface area contributed by atoms with E-state index in [1.165, 1.54) is 6.07 Å². The molecule has 4 nitrogen and oxygen atoms in total. The van der Waals surface area contributed by atoms with Gasteiger partial charge in [0, 0.05) is 12.6 Å². The Morgan fingerprint density at radius 3 is 2.86 bits per heavy atom. The van der Waals surface area contributed by atoms with Crippen molar-refractivity contribution in [2.45, 2.75) is 27.3 Å². The largest absolute Gasteiger partial charge is 0.311 e. The normalized spacial score (nSPS) is 10.9. The van der Waals surface area contributed by atoms with Gasteiger partial charge in [-0.15, -0.1) is 0 Å². The van der Waals surface area contributed by atoms with Crippen LogP contribution in [0.2, 0.25) is 0 Å². The Hall–Kier alpha value is -1.16. The molecule has 0 amide bonds. The highest BCUT2D eigenvalue weighted by Crippen LogP contribution is 1.92. The SMILES string of the molecule is Cc1nc(CNCC(C)C)cc(=O)[nH]1. The molecule has 0 spiro atoms. The standard InChI is InChI=1S/C10H17N3O/c1-7(2)5-11-6-9-4-10(14)13-8(3)12-9/h4,7,11H,5-6H2,1-3H3,(H,12,13,14). The number of aromatic amines is 1. The maximum absolute atomic E-state index is 11.1. The van der Waals surface area contributed by atoms with E-state index in [-0.39, 0.29) is 5.56 Å². The first-order chi connectivity index (χ1) is 6.58. The van der Waals surface area contributed by atoms with Gasteiger partial charge in [0.05, 0.1) is 5.69 Å². The van der Waals surface area contributed by atoms with Crippen molar-refractivity contribution >= 4 is 0 Å². The number of rotatable bonds is 4. The minimum absolute atomic E-state index is 0.0844. The third-order valence-corrected chi connectivity index (χ3v) is 1.77. The minimum Gasteiger partial charge on any atom is -0.311 e. The fraction of sp³-hybridized carbons (Fsp3) is 0.600. The minimum atomic E-state index is -0.0844. The Balaban J connectivity index is 2.55. The average Bonchev–Trinajstić information content (AvgIpc) is 2.01. The van der Waals surface area contributed by atoms with Crippen LogP contribution in [-0.4, -0.2) is 16.5 Å². The maximum atomic E-state index is 11.1. The molecule has 0 aliphatic heterocycles. The summed E-state index contributed by atoms with van der Waals surface area (Å²) in [7, 11) is 0. The molecule has 1 rings (SSSR count). The van der Waals surface area contributed by atoms with Gasteiger partial charge in [-0.1, -0.05) is 13.8 Å². The number of nitrogens with zero attached hydrogens (tertiary/aromatic N) is 1. The first-order valence-electron chi connectivity index (χ1n) is 4.85. The Morgan fingerprint density at radius 1 is 1.57 bits per heavy atom. The molecule has 1 heterocycles. The van der Waals surface area contributed by atoms with E-state index in [0.717, 1.165) is 12.2 Å². The van der Waals surface area contributed by atoms with Crippen molar-refractivity contribution < 1.29 is 0 Å². The number of aryl methyl sites for hydroxylation is 1. The monoisotopic (exact) mass is 195 g/mol. The molecule has 2 N–H and O–H groups in total. The van der Waals surface area contributed by atoms with Crippen molar-refractivity contribution in [2.75, 3.05) is 6.54 Å². The summed E-state index contributed by atoms with van der Waals surface area (Å²) in [5, 5.41) is 3.24. The van der Waals surface area contributed by atoms with E-state index in [1.807, 2.05) is 0 Å². The summed E-state index contributed by atoms with van der Waals surface area (Å²) in [6, 6.07) is 1.53. The van der Waals surface area contributed by atoms with Gasteiger partial charge in [-0.3, -0.25) is 4.79 Å². The highest BCUT2D eigenvalue weighted by atomic mass is 16.1. The summed E-state index contributed by atoms with van der Waals surface area (Å²) in [6.07, 6.45) is 0. The number of aromatic nitrogens is 2. The lowest BCUT2D eigenvalue weighted by Gasteiger charge is -2.06. The molecule has 14 heavy (non-hydrogen) atoms. The van der Waals surface area contributed by atoms with Gasteiger partial charge < -0.3 is 10.3 Å². The Kier molecular flexibility index (Phi) is 3.83. The van der Waals surface area contributed by atoms with Gasteiger partial charge in [0.2, 0.25) is 0 Å². The van der Waals surface area contributed by atoms with Crippen molar-refractivity contribution in [3.63, 3.8) is 0 Å². The van der Waals surface area contributed by atoms with Gasteiger partial charge in [-0.05, 0) is 19.4 Å². The van der Waals surface area contributed by atoms with Crippen LogP contribution in [0, 0.1) is 12.8 Å². The Labute approximate surface area is 83.8 Å². The molecule has 4 heteroatoms. The van der Waals surface area contributed by atoms with Crippen LogP contribution < -0.4 is 10.9 Å². The van der Waals surface area contributed by atoms with Gasteiger partial charge in [0.15, 0.2) is 0 Å². The van der Waals surface area contributed by atoms with E-state index in [1.54, 1.807) is 6.92 Å². The van der Waals surface area contributed by atoms with Crippen LogP contribution in [0.3, 0.4) is 0 Å². The van der Waals surface area contributed by atoms with E-state index in [2.05, 4.69) is 29.1 Å². The van der Waals surface area contributed by atoms with Crippen molar-refractivity contribution in [2.24, 2.45) is 5.92 Å². The van der Waals surface area contributed by atoms with Crippen LogP contribution in [0.4, 0.5) is 0 Å². The second kappa shape index (κ2) is 4.91. The number of hydrogen-bond acceptors (Lipinski definition) is 3. The molecule has 0 atom stereocenters. The molecule has 0 saturated carbocycles. The lowest BCUT2D eigenvalue weighted by molar-refractivity contribution is 0.547. The zero-order valence-corrected chi connectivity index (χ0v) is 8.92. The van der Waals surface area contributed by atoms with Crippen molar-refractivity contribution in [3.05, 3.63) is 27.9 Å². The maximum Gasteiger partial charge on any atom is 0.251 e. The average molecular weight is 195 g/mol. The van der Waals surface area contributed by atoms with Crippen LogP contribution in [0.1, 0.15) is 25.4 Å². The van der Waals surface area contributed by atoms with E-state index in [0.29, 0.717) is 18.3 Å². The molecule has 78 valence electrons. The van der Waals surface area contributed by atoms with E-state index in [9.17, 15) is 4.79 Å². The number of hydrogen-bond donors (Lipinski definition) is 2. The van der Waals surface area contributed by atoms with Crippen LogP contribution >= 0.6 is 0 Å². The highest BCUT2D eigenvalue weighted by molar-refractivity contribution is 5.01. The summed E-state index contributed by atoms with van der Waals surface area (Å²) in [6.45, 7) is 7.66. The lowest BCUT2D eigenvalue weighted by atomic mass is 10.2. The lowest BCUT2D eigenvalue weighted by Crippen LogP contribution is -2.21. The fourth-order valence-corrected chi connectivity index (χ4v) is 1.22. The second-order valence-electron chi connectivity index (χ2n) is 3.85. The molecule has 0 saturated heterocycles. The van der Waals surface area contributed by atoms with Crippen LogP contribution in [0.15, 0.2) is 10.9 Å². The smallest absolute Gasteiger partial charge is 0.251 e. The predicted octanol–water partition coefficient (Wildman–Crippen LogP) is 0.824. The summed E-state index contributed by atoms with van der Waals surface area (Å²) in [5.41, 5.74) is 0.714. The third-order valence-electron chi connectivity index (χ3n) is 1.77. The van der Waals surface area contributed by atoms with E-state index < -0.39 is 0 Å². The fourth-order valence-electron chi connectivity index (χ4n) is 1.22. The van der Waals surface area contributed by atoms with Gasteiger partial charge >= 0.3 is 0 Å². The summed E-state index contributed by atoms with van der Waals surface area (Å²) in [4.78, 5) is 17.9. The van der Waals surface area contributed by atoms with Gasteiger partial charge in [0.25, 0.3) is 5.56 Å². The summed E-state index contributed by atoms with van der Waals surface area (Å²) < 4.78 is 0. The van der Waals surface area contributed by atoms with Gasteiger partial charge in [0.1, 0.15) is 5.82 Å². The first-order valence-corrected chi connectivity index (χ1v) is 4.85. The molecule has 0 radical (unpaired) electrons. The predicted molar refractivity (Wildman–Crippen MR) is 56.1 cm³/mol. The van der Waals surface area contributed by atoms with Crippen LogP contribution in [-0.2, 0) is 6.54 Å². The molecule has 0 bridgehead atoms. The molecular formula is C10H17N3O. The van der Waals surface area contributed by atoms with Crippen molar-refractivity contribution in [3.8, 4) is 0 Å². The topological polar surface area (TPSA) is 57.8 Å². The van der Waals surface area contributed by atoms with Crippen molar-refractivity contribution in [1.82, 2.24) is 15.3 Å². The zero-order chi connectivity index (χ0) is 10.6. The molecule has 0 aliphatic carbocycles. The Morgan fingerprint density at radius 2 is 2.29 bits per heavy atom. The number of H-pyrrole nitrogens is 1. The van der Waals surface area contributed by atoms with Gasteiger partial charge in [-0.2, -0.15) is 0 Å². The highest BCUT2D eigenvalue weighted by Gasteiger charge is 1.98. The molecule has 1 aromatic heterocycles. The van der Waals surface area contributed by atoms with Crippen molar-refractivity contribution in [1.29, 1.82) is 0 Å². The molecule has 0 aromatic carbocycles. The third kappa shape index (κ3) is 3.70. The molecular weight excluding hydrogens is 178 g/mol. The van der Waals surface area contributed by atoms with Crippen LogP contribution in [0.25, 0.3) is 0 Å². The quantitative estimate of drug-likeness (QED) is 0.748. The second-order valence-corrected chi connectivity index (χ2v) is 3.85. The molecule has 0 aliphatic rings. The summed E-state index contributed by atoms with van der Waals surface area (Å²) >= 11 is 0. The summed E-state index contributed by atoms with van der Waals surface area (Å²) in [5.74, 6) is 1.27. The molecule has 1 aromatic rings. The van der Waals surface area contributed by atoms with E-state index >= 15 is 0 Å². The molecule has 0 unspecified atom stereocenters.